The quantitative estimate of drug-likeness (QED) is 0.142. The van der Waals surface area contributed by atoms with Crippen LogP contribution in [0.1, 0.15) is 93.1 Å². The summed E-state index contributed by atoms with van der Waals surface area (Å²) >= 11 is 0. The molecule has 412 valence electrons. The number of aryl methyl sites for hydroxylation is 2. The van der Waals surface area contributed by atoms with Crippen LogP contribution >= 0.6 is 0 Å². The summed E-state index contributed by atoms with van der Waals surface area (Å²) in [5.41, 5.74) is 31.7. The monoisotopic (exact) mass is 1110 g/mol. The van der Waals surface area contributed by atoms with Gasteiger partial charge in [0.1, 0.15) is 0 Å². The lowest BCUT2D eigenvalue weighted by Crippen LogP contribution is -2.28. The van der Waals surface area contributed by atoms with Crippen molar-refractivity contribution in [3.8, 4) is 66.8 Å². The van der Waals surface area contributed by atoms with E-state index >= 15 is 0 Å². The molecule has 0 heterocycles. The van der Waals surface area contributed by atoms with Gasteiger partial charge in [0.2, 0.25) is 0 Å². The molecule has 0 aliphatic heterocycles. The number of rotatable bonds is 8. The first-order chi connectivity index (χ1) is 42.5. The van der Waals surface area contributed by atoms with Crippen molar-refractivity contribution < 1.29 is 0 Å². The van der Waals surface area contributed by atoms with Gasteiger partial charge in [-0.3, -0.25) is 0 Å². The molecule has 0 heteroatoms. The molecule has 0 bridgehead atoms. The van der Waals surface area contributed by atoms with Crippen molar-refractivity contribution in [3.63, 3.8) is 0 Å². The van der Waals surface area contributed by atoms with Crippen LogP contribution in [0.3, 0.4) is 0 Å². The van der Waals surface area contributed by atoms with Crippen LogP contribution in [0.5, 0.6) is 0 Å². The third kappa shape index (κ3) is 7.70. The maximum atomic E-state index is 2.50. The molecule has 2 unspecified atom stereocenters. The molecule has 0 N–H and O–H groups in total. The van der Waals surface area contributed by atoms with E-state index in [1.54, 1.807) is 0 Å². The molecule has 87 heavy (non-hydrogen) atoms. The third-order valence-corrected chi connectivity index (χ3v) is 20.5. The summed E-state index contributed by atoms with van der Waals surface area (Å²) in [6, 6.07) is 109. The van der Waals surface area contributed by atoms with Crippen LogP contribution in [-0.2, 0) is 22.7 Å². The van der Waals surface area contributed by atoms with Gasteiger partial charge in [-0.25, -0.2) is 0 Å². The van der Waals surface area contributed by atoms with E-state index < -0.39 is 10.8 Å². The van der Waals surface area contributed by atoms with Gasteiger partial charge in [0, 0.05) is 10.8 Å². The third-order valence-electron chi connectivity index (χ3n) is 20.5. The van der Waals surface area contributed by atoms with Crippen LogP contribution in [0.4, 0.5) is 0 Å². The Balaban J connectivity index is 0.734. The Labute approximate surface area is 510 Å². The average molecular weight is 1110 g/mol. The second kappa shape index (κ2) is 19.2. The first-order valence-corrected chi connectivity index (χ1v) is 31.0. The average Bonchev–Trinajstić information content (AvgIpc) is 1.59. The standard InChI is InChI=1S/C87H64/c1-54-29-31-58-33-35-60(49-65(58)43-54)63-38-41-74-72-21-10-14-27-80(72)87(83(74)53-63,68-18-7-6-8-19-68)69-20-15-17-56(48-69)46-57-30-32-59-34-36-64(51-66(59)47-57)71-24-16-28-81-84(71)75-23-11-13-26-79(75)86(81,5)82-45-55(2)44-67-50-61(37-40-70(67)82)62-39-42-78-76(52-62)73-22-9-12-25-77(73)85(78,3)4/h6-45,47-53H,46H2,1-5H3. The zero-order valence-corrected chi connectivity index (χ0v) is 49.8. The molecule has 0 radical (unpaired) electrons. The topological polar surface area (TPSA) is 0 Å². The number of fused-ring (bicyclic) bond motifs is 12. The molecular weight excluding hydrogens is 1040 g/mol. The lowest BCUT2D eigenvalue weighted by atomic mass is 9.67. The molecule has 0 saturated carbocycles. The van der Waals surface area contributed by atoms with Gasteiger partial charge in [-0.2, -0.15) is 0 Å². The van der Waals surface area contributed by atoms with Crippen LogP contribution in [0, 0.1) is 13.8 Å². The highest BCUT2D eigenvalue weighted by Gasteiger charge is 2.47. The molecular formula is C87H64. The maximum Gasteiger partial charge on any atom is 0.0713 e. The van der Waals surface area contributed by atoms with Gasteiger partial charge >= 0.3 is 0 Å². The van der Waals surface area contributed by atoms with Gasteiger partial charge in [-0.05, 0) is 218 Å². The minimum absolute atomic E-state index is 0.0196. The van der Waals surface area contributed by atoms with Crippen LogP contribution in [0.15, 0.2) is 285 Å². The summed E-state index contributed by atoms with van der Waals surface area (Å²) in [6.45, 7) is 11.6. The number of hydrogen-bond acceptors (Lipinski definition) is 0. The van der Waals surface area contributed by atoms with Crippen LogP contribution in [-0.4, -0.2) is 0 Å². The van der Waals surface area contributed by atoms with Crippen LogP contribution in [0.2, 0.25) is 0 Å². The van der Waals surface area contributed by atoms with Crippen LogP contribution < -0.4 is 0 Å². The van der Waals surface area contributed by atoms with Crippen molar-refractivity contribution in [2.45, 2.75) is 57.3 Å². The van der Waals surface area contributed by atoms with Gasteiger partial charge in [-0.1, -0.05) is 280 Å². The van der Waals surface area contributed by atoms with Crippen molar-refractivity contribution in [3.05, 3.63) is 357 Å². The fraction of sp³-hybridized carbons (Fsp3) is 0.103. The second-order valence-electron chi connectivity index (χ2n) is 25.8. The minimum Gasteiger partial charge on any atom is -0.0622 e. The Morgan fingerprint density at radius 1 is 0.264 bits per heavy atom. The van der Waals surface area contributed by atoms with Gasteiger partial charge in [-0.15, -0.1) is 0 Å². The van der Waals surface area contributed by atoms with E-state index in [2.05, 4.69) is 320 Å². The van der Waals surface area contributed by atoms with Gasteiger partial charge in [0.05, 0.1) is 5.41 Å². The maximum absolute atomic E-state index is 2.50. The molecule has 3 aliphatic carbocycles. The highest BCUT2D eigenvalue weighted by atomic mass is 14.5. The Morgan fingerprint density at radius 2 is 0.805 bits per heavy atom. The lowest BCUT2D eigenvalue weighted by molar-refractivity contribution is 0.660. The predicted molar refractivity (Wildman–Crippen MR) is 366 cm³/mol. The first kappa shape index (κ1) is 51.3. The van der Waals surface area contributed by atoms with Gasteiger partial charge in [0.15, 0.2) is 0 Å². The fourth-order valence-electron chi connectivity index (χ4n) is 16.3. The second-order valence-corrected chi connectivity index (χ2v) is 25.8. The molecule has 0 nitrogen and oxygen atoms in total. The van der Waals surface area contributed by atoms with Crippen molar-refractivity contribution in [2.75, 3.05) is 0 Å². The predicted octanol–water partition coefficient (Wildman–Crippen LogP) is 22.4. The van der Waals surface area contributed by atoms with Crippen molar-refractivity contribution in [2.24, 2.45) is 0 Å². The zero-order chi connectivity index (χ0) is 58.3. The highest BCUT2D eigenvalue weighted by Crippen LogP contribution is 2.59. The summed E-state index contributed by atoms with van der Waals surface area (Å²) in [4.78, 5) is 0. The molecule has 2 atom stereocenters. The molecule has 0 fully saturated rings. The van der Waals surface area contributed by atoms with E-state index in [-0.39, 0.29) is 5.41 Å². The van der Waals surface area contributed by atoms with E-state index in [1.165, 1.54) is 171 Å². The van der Waals surface area contributed by atoms with E-state index in [4.69, 9.17) is 0 Å². The normalized spacial score (nSPS) is 16.6. The fourth-order valence-corrected chi connectivity index (χ4v) is 16.3. The molecule has 17 rings (SSSR count). The Kier molecular flexibility index (Phi) is 11.3. The molecule has 0 saturated heterocycles. The number of benzene rings is 14. The van der Waals surface area contributed by atoms with E-state index in [0.29, 0.717) is 0 Å². The van der Waals surface area contributed by atoms with E-state index in [9.17, 15) is 0 Å². The van der Waals surface area contributed by atoms with Crippen LogP contribution in [0.25, 0.3) is 99.1 Å². The Hall–Kier alpha value is -10.1. The molecule has 3 aliphatic rings. The van der Waals surface area contributed by atoms with Crippen molar-refractivity contribution in [1.29, 1.82) is 0 Å². The molecule has 14 aromatic rings. The summed E-state index contributed by atoms with van der Waals surface area (Å²) in [7, 11) is 0. The number of hydrogen-bond donors (Lipinski definition) is 0. The first-order valence-electron chi connectivity index (χ1n) is 31.0. The zero-order valence-electron chi connectivity index (χ0n) is 49.8. The van der Waals surface area contributed by atoms with E-state index in [0.717, 1.165) is 6.42 Å². The summed E-state index contributed by atoms with van der Waals surface area (Å²) in [5, 5.41) is 7.60. The molecule has 0 spiro atoms. The highest BCUT2D eigenvalue weighted by molar-refractivity contribution is 6.00. The van der Waals surface area contributed by atoms with Gasteiger partial charge in [0.25, 0.3) is 0 Å². The van der Waals surface area contributed by atoms with E-state index in [1.807, 2.05) is 0 Å². The largest absolute Gasteiger partial charge is 0.0713 e. The molecule has 0 amide bonds. The van der Waals surface area contributed by atoms with Gasteiger partial charge < -0.3 is 0 Å². The minimum atomic E-state index is -0.527. The Bertz CT molecular complexity index is 5200. The lowest BCUT2D eigenvalue weighted by Gasteiger charge is -2.34. The molecule has 0 aromatic heterocycles. The molecule has 14 aromatic carbocycles. The summed E-state index contributed by atoms with van der Waals surface area (Å²) in [6.07, 6.45) is 0.808. The SMILES string of the molecule is Cc1ccc2ccc(-c3ccc4c(c3)C(c3ccccc3)(c3cccc(Cc5ccc6ccc(-c7cccc8c7-c7ccccc7C8(C)c7cc(C)cc8cc(-c9ccc%10c(c9)-c9ccccc9C%10(C)C)ccc78)cc6c5)c3)c3ccccc3-4)cc2c1. The van der Waals surface area contributed by atoms with Crippen molar-refractivity contribution in [1.82, 2.24) is 0 Å². The van der Waals surface area contributed by atoms with Crippen molar-refractivity contribution >= 4 is 32.3 Å². The summed E-state index contributed by atoms with van der Waals surface area (Å²) in [5.74, 6) is 0. The summed E-state index contributed by atoms with van der Waals surface area (Å²) < 4.78 is 0. The smallest absolute Gasteiger partial charge is 0.0622 e. The Morgan fingerprint density at radius 3 is 1.63 bits per heavy atom.